The van der Waals surface area contributed by atoms with Crippen molar-refractivity contribution in [2.45, 2.75) is 25.7 Å². The Kier molecular flexibility index (Phi) is 6.21. The van der Waals surface area contributed by atoms with E-state index in [1.165, 1.54) is 18.2 Å². The molecule has 0 aliphatic carbocycles. The summed E-state index contributed by atoms with van der Waals surface area (Å²) in [5.74, 6) is 1.49. The van der Waals surface area contributed by atoms with Gasteiger partial charge in [-0.3, -0.25) is 4.79 Å². The van der Waals surface area contributed by atoms with Crippen LogP contribution in [0.3, 0.4) is 0 Å². The summed E-state index contributed by atoms with van der Waals surface area (Å²) in [5.41, 5.74) is 5.77. The Hall–Kier alpha value is -3.34. The van der Waals surface area contributed by atoms with Crippen molar-refractivity contribution in [2.75, 3.05) is 20.8 Å². The number of esters is 1. The zero-order chi connectivity index (χ0) is 21.8. The minimum absolute atomic E-state index is 0.164. The topological polar surface area (TPSA) is 57.7 Å². The fourth-order valence-corrected chi connectivity index (χ4v) is 4.08. The number of pyridine rings is 1. The number of fused-ring (bicyclic) bond motifs is 1. The first kappa shape index (κ1) is 20.9. The smallest absolute Gasteiger partial charge is 0.308 e. The molecule has 2 unspecified atom stereocenters. The normalized spacial score (nSPS) is 16.0. The summed E-state index contributed by atoms with van der Waals surface area (Å²) < 4.78 is 16.1. The van der Waals surface area contributed by atoms with Gasteiger partial charge in [-0.15, -0.1) is 0 Å². The van der Waals surface area contributed by atoms with E-state index in [-0.39, 0.29) is 11.9 Å². The molecular weight excluding hydrogens is 390 g/mol. The van der Waals surface area contributed by atoms with Crippen LogP contribution in [0.4, 0.5) is 0 Å². The third-order valence-corrected chi connectivity index (χ3v) is 5.84. The van der Waals surface area contributed by atoms with Crippen LogP contribution in [0.25, 0.3) is 11.1 Å². The van der Waals surface area contributed by atoms with Gasteiger partial charge in [-0.25, -0.2) is 4.98 Å². The van der Waals surface area contributed by atoms with Gasteiger partial charge in [0.2, 0.25) is 5.88 Å². The van der Waals surface area contributed by atoms with Gasteiger partial charge in [0.25, 0.3) is 0 Å². The van der Waals surface area contributed by atoms with E-state index >= 15 is 0 Å². The Morgan fingerprint density at radius 2 is 1.90 bits per heavy atom. The van der Waals surface area contributed by atoms with Crippen LogP contribution in [-0.2, 0) is 22.4 Å². The van der Waals surface area contributed by atoms with Crippen molar-refractivity contribution in [3.63, 3.8) is 0 Å². The first-order valence-corrected chi connectivity index (χ1v) is 10.5. The molecule has 0 bridgehead atoms. The van der Waals surface area contributed by atoms with E-state index in [0.717, 1.165) is 28.9 Å². The maximum absolute atomic E-state index is 11.8. The number of ether oxygens (including phenoxy) is 3. The lowest BCUT2D eigenvalue weighted by molar-refractivity contribution is -0.144. The SMILES string of the molecule is COC(=O)C(C)Cc1ccc2c(c1)CC(c1ccc(-c3ccnc(OC)c3)cc1)CO2. The first-order chi connectivity index (χ1) is 15.1. The highest BCUT2D eigenvalue weighted by molar-refractivity contribution is 5.72. The Balaban J connectivity index is 1.49. The van der Waals surface area contributed by atoms with Gasteiger partial charge in [-0.1, -0.05) is 43.3 Å². The molecule has 5 heteroatoms. The lowest BCUT2D eigenvalue weighted by Gasteiger charge is -2.26. The van der Waals surface area contributed by atoms with Crippen molar-refractivity contribution in [1.29, 1.82) is 0 Å². The summed E-state index contributed by atoms with van der Waals surface area (Å²) in [6, 6.07) is 18.7. The molecule has 4 rings (SSSR count). The largest absolute Gasteiger partial charge is 0.493 e. The molecule has 0 spiro atoms. The lowest BCUT2D eigenvalue weighted by Crippen LogP contribution is -2.20. The van der Waals surface area contributed by atoms with Gasteiger partial charge in [0.1, 0.15) is 5.75 Å². The average Bonchev–Trinajstić information content (AvgIpc) is 2.83. The minimum atomic E-state index is -0.182. The molecule has 3 aromatic rings. The molecule has 0 saturated heterocycles. The maximum Gasteiger partial charge on any atom is 0.308 e. The van der Waals surface area contributed by atoms with E-state index in [4.69, 9.17) is 14.2 Å². The van der Waals surface area contributed by atoms with E-state index in [1.807, 2.05) is 31.2 Å². The number of methoxy groups -OCH3 is 2. The molecular formula is C26H27NO4. The fraction of sp³-hybridized carbons (Fsp3) is 0.308. The van der Waals surface area contributed by atoms with Gasteiger partial charge in [0, 0.05) is 18.2 Å². The second kappa shape index (κ2) is 9.21. The number of aromatic nitrogens is 1. The van der Waals surface area contributed by atoms with Gasteiger partial charge in [0.15, 0.2) is 0 Å². The Labute approximate surface area is 183 Å². The Morgan fingerprint density at radius 1 is 1.10 bits per heavy atom. The molecule has 1 aromatic heterocycles. The quantitative estimate of drug-likeness (QED) is 0.538. The Morgan fingerprint density at radius 3 is 2.65 bits per heavy atom. The van der Waals surface area contributed by atoms with Crippen LogP contribution in [0.15, 0.2) is 60.8 Å². The standard InChI is InChI=1S/C26H27NO4/c1-17(26(28)30-3)12-18-4-9-24-22(13-18)14-23(16-31-24)20-7-5-19(6-8-20)21-10-11-27-25(15-21)29-2/h4-11,13,15,17,23H,12,14,16H2,1-3H3. The van der Waals surface area contributed by atoms with Crippen LogP contribution in [0.5, 0.6) is 11.6 Å². The highest BCUT2D eigenvalue weighted by Gasteiger charge is 2.23. The molecule has 2 atom stereocenters. The van der Waals surface area contributed by atoms with E-state index in [1.54, 1.807) is 13.3 Å². The van der Waals surface area contributed by atoms with Crippen molar-refractivity contribution < 1.29 is 19.0 Å². The van der Waals surface area contributed by atoms with Crippen LogP contribution in [-0.4, -0.2) is 31.8 Å². The maximum atomic E-state index is 11.8. The first-order valence-electron chi connectivity index (χ1n) is 10.5. The summed E-state index contributed by atoms with van der Waals surface area (Å²) in [7, 11) is 3.05. The second-order valence-electron chi connectivity index (χ2n) is 7.99. The number of hydrogen-bond acceptors (Lipinski definition) is 5. The molecule has 2 heterocycles. The molecule has 0 amide bonds. The summed E-state index contributed by atoms with van der Waals surface area (Å²) in [4.78, 5) is 15.9. The predicted molar refractivity (Wildman–Crippen MR) is 119 cm³/mol. The van der Waals surface area contributed by atoms with Gasteiger partial charge >= 0.3 is 5.97 Å². The zero-order valence-electron chi connectivity index (χ0n) is 18.1. The van der Waals surface area contributed by atoms with Crippen molar-refractivity contribution in [3.05, 3.63) is 77.5 Å². The van der Waals surface area contributed by atoms with E-state index < -0.39 is 0 Å². The van der Waals surface area contributed by atoms with Crippen molar-refractivity contribution in [1.82, 2.24) is 4.98 Å². The molecule has 0 saturated carbocycles. The van der Waals surface area contributed by atoms with Gasteiger partial charge in [-0.05, 0) is 52.8 Å². The Bertz CT molecular complexity index is 1060. The highest BCUT2D eigenvalue weighted by Crippen LogP contribution is 2.34. The van der Waals surface area contributed by atoms with E-state index in [0.29, 0.717) is 24.8 Å². The number of rotatable bonds is 6. The molecule has 0 radical (unpaired) electrons. The summed E-state index contributed by atoms with van der Waals surface area (Å²) in [5, 5.41) is 0. The van der Waals surface area contributed by atoms with Gasteiger partial charge < -0.3 is 14.2 Å². The van der Waals surface area contributed by atoms with Gasteiger partial charge in [-0.2, -0.15) is 0 Å². The summed E-state index contributed by atoms with van der Waals surface area (Å²) in [6.07, 6.45) is 3.33. The van der Waals surface area contributed by atoms with E-state index in [9.17, 15) is 4.79 Å². The molecule has 0 fully saturated rings. The summed E-state index contributed by atoms with van der Waals surface area (Å²) in [6.45, 7) is 2.55. The van der Waals surface area contributed by atoms with Gasteiger partial charge in [0.05, 0.1) is 26.7 Å². The lowest BCUT2D eigenvalue weighted by atomic mass is 9.88. The molecule has 1 aliphatic heterocycles. The number of nitrogens with zero attached hydrogens (tertiary/aromatic N) is 1. The third-order valence-electron chi connectivity index (χ3n) is 5.84. The van der Waals surface area contributed by atoms with Crippen LogP contribution < -0.4 is 9.47 Å². The van der Waals surface area contributed by atoms with Crippen molar-refractivity contribution >= 4 is 5.97 Å². The zero-order valence-corrected chi connectivity index (χ0v) is 18.1. The van der Waals surface area contributed by atoms with Crippen molar-refractivity contribution in [2.24, 2.45) is 5.92 Å². The number of carbonyl (C=O) groups excluding carboxylic acids is 1. The number of hydrogen-bond donors (Lipinski definition) is 0. The molecule has 1 aliphatic rings. The molecule has 5 nitrogen and oxygen atoms in total. The van der Waals surface area contributed by atoms with Crippen LogP contribution in [0.2, 0.25) is 0 Å². The molecule has 2 aromatic carbocycles. The summed E-state index contributed by atoms with van der Waals surface area (Å²) >= 11 is 0. The van der Waals surface area contributed by atoms with Crippen molar-refractivity contribution in [3.8, 4) is 22.8 Å². The average molecular weight is 418 g/mol. The predicted octanol–water partition coefficient (Wildman–Crippen LogP) is 4.83. The number of benzene rings is 2. The molecule has 31 heavy (non-hydrogen) atoms. The monoisotopic (exact) mass is 417 g/mol. The minimum Gasteiger partial charge on any atom is -0.493 e. The van der Waals surface area contributed by atoms with Crippen LogP contribution >= 0.6 is 0 Å². The fourth-order valence-electron chi connectivity index (χ4n) is 4.08. The molecule has 0 N–H and O–H groups in total. The second-order valence-corrected chi connectivity index (χ2v) is 7.99. The molecule has 160 valence electrons. The van der Waals surface area contributed by atoms with Crippen LogP contribution in [0, 0.1) is 5.92 Å². The number of carbonyl (C=O) groups is 1. The van der Waals surface area contributed by atoms with Crippen LogP contribution in [0.1, 0.15) is 29.5 Å². The van der Waals surface area contributed by atoms with E-state index in [2.05, 4.69) is 35.3 Å². The third kappa shape index (κ3) is 4.71. The highest BCUT2D eigenvalue weighted by atomic mass is 16.5.